The van der Waals surface area contributed by atoms with Crippen LogP contribution in [-0.4, -0.2) is 22.3 Å². The predicted molar refractivity (Wildman–Crippen MR) is 124 cm³/mol. The molecule has 4 heteroatoms. The fraction of sp³-hybridized carbons (Fsp3) is 0.222. The van der Waals surface area contributed by atoms with Gasteiger partial charge < -0.3 is 5.32 Å². The van der Waals surface area contributed by atoms with Crippen LogP contribution in [0.1, 0.15) is 40.1 Å². The third-order valence-electron chi connectivity index (χ3n) is 6.64. The van der Waals surface area contributed by atoms with E-state index in [0.29, 0.717) is 6.42 Å². The first kappa shape index (κ1) is 18.3. The van der Waals surface area contributed by atoms with Crippen molar-refractivity contribution in [2.24, 2.45) is 0 Å². The molecule has 0 unspecified atom stereocenters. The van der Waals surface area contributed by atoms with Gasteiger partial charge in [0.1, 0.15) is 0 Å². The third kappa shape index (κ3) is 3.02. The molecule has 1 aliphatic heterocycles. The number of hydrogen-bond donors (Lipinski definition) is 1. The minimum absolute atomic E-state index is 0.193. The summed E-state index contributed by atoms with van der Waals surface area (Å²) in [7, 11) is 0. The summed E-state index contributed by atoms with van der Waals surface area (Å²) in [4.78, 5) is 22.1. The molecule has 0 atom stereocenters. The number of rotatable bonds is 2. The first-order chi connectivity index (χ1) is 15.2. The average Bonchev–Trinajstić information content (AvgIpc) is 3.34. The largest absolute Gasteiger partial charge is 0.383 e. The molecule has 1 N–H and O–H groups in total. The summed E-state index contributed by atoms with van der Waals surface area (Å²) >= 11 is 0. The van der Waals surface area contributed by atoms with E-state index in [-0.39, 0.29) is 5.78 Å². The Morgan fingerprint density at radius 3 is 2.90 bits per heavy atom. The van der Waals surface area contributed by atoms with Crippen molar-refractivity contribution in [3.8, 4) is 11.1 Å². The molecule has 0 spiro atoms. The molecule has 0 bridgehead atoms. The van der Waals surface area contributed by atoms with Crippen LogP contribution >= 0.6 is 0 Å². The second kappa shape index (κ2) is 7.02. The second-order valence-corrected chi connectivity index (χ2v) is 8.61. The lowest BCUT2D eigenvalue weighted by Gasteiger charge is -2.21. The van der Waals surface area contributed by atoms with Crippen molar-refractivity contribution in [1.82, 2.24) is 9.97 Å². The quantitative estimate of drug-likeness (QED) is 0.613. The van der Waals surface area contributed by atoms with Crippen LogP contribution in [0.15, 0.2) is 54.4 Å². The lowest BCUT2D eigenvalue weighted by atomic mass is 9.94. The molecule has 0 radical (unpaired) electrons. The zero-order valence-electron chi connectivity index (χ0n) is 17.5. The molecule has 0 fully saturated rings. The normalized spacial score (nSPS) is 17.8. The number of Topliss-reactive ketones (excluding diaryl/α,β-unsaturated/α-hetero) is 1. The van der Waals surface area contributed by atoms with Gasteiger partial charge in [0.25, 0.3) is 0 Å². The predicted octanol–water partition coefficient (Wildman–Crippen LogP) is 4.96. The molecule has 0 saturated heterocycles. The van der Waals surface area contributed by atoms with Gasteiger partial charge in [-0.1, -0.05) is 18.2 Å². The Morgan fingerprint density at radius 1 is 1.06 bits per heavy atom. The highest BCUT2D eigenvalue weighted by molar-refractivity contribution is 6.26. The van der Waals surface area contributed by atoms with E-state index in [2.05, 4.69) is 53.6 Å². The van der Waals surface area contributed by atoms with Crippen LogP contribution in [0.2, 0.25) is 0 Å². The van der Waals surface area contributed by atoms with Gasteiger partial charge in [0, 0.05) is 42.9 Å². The standard InChI is InChI=1S/C27H23N3O/c1-16-23(15-30-24-5-3-9-29-27(16)24)18-6-7-19-14-26(31)22(21(19)13-18)11-17-10-20-4-2-8-28-25(20)12-17/h2,4,6-8,10-11,13,15,29H,3,5,9,12,14H2,1H3/b22-11-. The molecule has 2 aromatic heterocycles. The average molecular weight is 406 g/mol. The van der Waals surface area contributed by atoms with E-state index in [1.807, 2.05) is 18.5 Å². The Hall–Kier alpha value is -3.53. The van der Waals surface area contributed by atoms with E-state index in [0.717, 1.165) is 76.2 Å². The number of aromatic nitrogens is 2. The summed E-state index contributed by atoms with van der Waals surface area (Å²) in [6.45, 7) is 3.16. The van der Waals surface area contributed by atoms with Crippen molar-refractivity contribution in [2.45, 2.75) is 32.6 Å². The monoisotopic (exact) mass is 405 g/mol. The molecule has 3 aliphatic rings. The van der Waals surface area contributed by atoms with Crippen molar-refractivity contribution in [3.63, 3.8) is 0 Å². The Kier molecular flexibility index (Phi) is 4.13. The van der Waals surface area contributed by atoms with E-state index in [1.165, 1.54) is 11.3 Å². The Morgan fingerprint density at radius 2 is 2.00 bits per heavy atom. The fourth-order valence-corrected chi connectivity index (χ4v) is 5.02. The maximum atomic E-state index is 12.9. The van der Waals surface area contributed by atoms with E-state index in [1.54, 1.807) is 0 Å². The Bertz CT molecular complexity index is 1320. The molecule has 152 valence electrons. The molecule has 6 rings (SSSR count). The molecule has 3 heterocycles. The molecule has 31 heavy (non-hydrogen) atoms. The summed E-state index contributed by atoms with van der Waals surface area (Å²) in [5.41, 5.74) is 12.2. The summed E-state index contributed by atoms with van der Waals surface area (Å²) in [5.74, 6) is 0.193. The SMILES string of the molecule is Cc1c(-c2ccc3c(c2)/C(=C/C2=Cc4cccnc4C2)C(=O)C3)cnc2c1NCCC2. The first-order valence-corrected chi connectivity index (χ1v) is 10.9. The third-order valence-corrected chi connectivity index (χ3v) is 6.64. The number of pyridine rings is 2. The smallest absolute Gasteiger partial charge is 0.167 e. The number of allylic oxidation sites excluding steroid dienone is 3. The second-order valence-electron chi connectivity index (χ2n) is 8.61. The summed E-state index contributed by atoms with van der Waals surface area (Å²) in [6, 6.07) is 10.4. The van der Waals surface area contributed by atoms with Crippen LogP contribution < -0.4 is 5.32 Å². The summed E-state index contributed by atoms with van der Waals surface area (Å²) in [5, 5.41) is 3.52. The number of nitrogens with one attached hydrogen (secondary N) is 1. The first-order valence-electron chi connectivity index (χ1n) is 10.9. The minimum Gasteiger partial charge on any atom is -0.383 e. The van der Waals surface area contributed by atoms with Crippen LogP contribution in [-0.2, 0) is 24.1 Å². The van der Waals surface area contributed by atoms with Gasteiger partial charge in [0.05, 0.1) is 17.1 Å². The molecule has 4 nitrogen and oxygen atoms in total. The van der Waals surface area contributed by atoms with E-state index in [4.69, 9.17) is 4.98 Å². The minimum atomic E-state index is 0.193. The number of nitrogens with zero attached hydrogens (tertiary/aromatic N) is 2. The van der Waals surface area contributed by atoms with Gasteiger partial charge in [-0.05, 0) is 77.4 Å². The highest BCUT2D eigenvalue weighted by Crippen LogP contribution is 2.38. The van der Waals surface area contributed by atoms with Crippen molar-refractivity contribution < 1.29 is 4.79 Å². The summed E-state index contributed by atoms with van der Waals surface area (Å²) in [6.07, 6.45) is 11.4. The number of carbonyl (C=O) groups is 1. The van der Waals surface area contributed by atoms with Crippen LogP contribution in [0.4, 0.5) is 5.69 Å². The van der Waals surface area contributed by atoms with Gasteiger partial charge in [0.2, 0.25) is 0 Å². The Labute approximate surface area is 181 Å². The zero-order chi connectivity index (χ0) is 20.9. The molecular formula is C27H23N3O. The maximum Gasteiger partial charge on any atom is 0.167 e. The zero-order valence-corrected chi connectivity index (χ0v) is 17.5. The van der Waals surface area contributed by atoms with E-state index >= 15 is 0 Å². The van der Waals surface area contributed by atoms with Crippen LogP contribution in [0.3, 0.4) is 0 Å². The van der Waals surface area contributed by atoms with Crippen molar-refractivity contribution >= 4 is 23.1 Å². The molecular weight excluding hydrogens is 382 g/mol. The molecule has 1 aromatic carbocycles. The van der Waals surface area contributed by atoms with Crippen molar-refractivity contribution in [3.05, 3.63) is 88.0 Å². The fourth-order valence-electron chi connectivity index (χ4n) is 5.02. The maximum absolute atomic E-state index is 12.9. The number of benzene rings is 1. The van der Waals surface area contributed by atoms with E-state index in [9.17, 15) is 4.79 Å². The molecule has 0 amide bonds. The van der Waals surface area contributed by atoms with Gasteiger partial charge in [-0.3, -0.25) is 14.8 Å². The van der Waals surface area contributed by atoms with Gasteiger partial charge in [-0.15, -0.1) is 0 Å². The lowest BCUT2D eigenvalue weighted by molar-refractivity contribution is -0.112. The number of aryl methyl sites for hydroxylation is 1. The van der Waals surface area contributed by atoms with Crippen LogP contribution in [0, 0.1) is 6.92 Å². The molecule has 2 aliphatic carbocycles. The summed E-state index contributed by atoms with van der Waals surface area (Å²) < 4.78 is 0. The highest BCUT2D eigenvalue weighted by atomic mass is 16.1. The highest BCUT2D eigenvalue weighted by Gasteiger charge is 2.26. The Balaban J connectivity index is 1.40. The van der Waals surface area contributed by atoms with Crippen LogP contribution in [0.5, 0.6) is 0 Å². The number of fused-ring (bicyclic) bond motifs is 3. The number of ketones is 1. The number of carbonyl (C=O) groups excluding carboxylic acids is 1. The molecule has 3 aromatic rings. The lowest BCUT2D eigenvalue weighted by Crippen LogP contribution is -2.14. The van der Waals surface area contributed by atoms with Crippen LogP contribution in [0.25, 0.3) is 22.8 Å². The van der Waals surface area contributed by atoms with Gasteiger partial charge >= 0.3 is 0 Å². The number of anilines is 1. The van der Waals surface area contributed by atoms with Gasteiger partial charge in [-0.2, -0.15) is 0 Å². The van der Waals surface area contributed by atoms with Crippen molar-refractivity contribution in [1.29, 1.82) is 0 Å². The van der Waals surface area contributed by atoms with E-state index < -0.39 is 0 Å². The van der Waals surface area contributed by atoms with Crippen molar-refractivity contribution in [2.75, 3.05) is 11.9 Å². The topological polar surface area (TPSA) is 54.9 Å². The number of hydrogen-bond acceptors (Lipinski definition) is 4. The van der Waals surface area contributed by atoms with Gasteiger partial charge in [-0.25, -0.2) is 0 Å². The van der Waals surface area contributed by atoms with Gasteiger partial charge in [0.15, 0.2) is 5.78 Å². The molecule has 0 saturated carbocycles.